The quantitative estimate of drug-likeness (QED) is 0.825. The molecule has 4 bridgehead atoms. The van der Waals surface area contributed by atoms with Gasteiger partial charge in [0.25, 0.3) is 5.91 Å². The number of amides is 1. The van der Waals surface area contributed by atoms with Gasteiger partial charge in [-0.3, -0.25) is 4.79 Å². The Morgan fingerprint density at radius 2 is 1.79 bits per heavy atom. The minimum Gasteiger partial charge on any atom is -0.488 e. The second-order valence-corrected chi connectivity index (χ2v) is 9.27. The molecule has 1 heterocycles. The molecule has 4 aliphatic rings. The number of carbonyl (C=O) groups is 1. The molecule has 0 spiro atoms. The van der Waals surface area contributed by atoms with E-state index < -0.39 is 0 Å². The highest BCUT2D eigenvalue weighted by Crippen LogP contribution is 2.55. The number of ether oxygens (including phenoxy) is 1. The normalized spacial score (nSPS) is 30.4. The van der Waals surface area contributed by atoms with Gasteiger partial charge in [-0.25, -0.2) is 0 Å². The van der Waals surface area contributed by atoms with E-state index in [1.807, 2.05) is 38.1 Å². The summed E-state index contributed by atoms with van der Waals surface area (Å²) in [5.74, 6) is 3.71. The van der Waals surface area contributed by atoms with Crippen molar-refractivity contribution in [1.29, 1.82) is 0 Å². The summed E-state index contributed by atoms with van der Waals surface area (Å²) in [6.07, 6.45) is 7.43. The fourth-order valence-corrected chi connectivity index (χ4v) is 6.17. The molecule has 148 valence electrons. The first-order chi connectivity index (χ1) is 13.5. The molecule has 2 aromatic rings. The van der Waals surface area contributed by atoms with Crippen LogP contribution in [0.2, 0.25) is 0 Å². The Kier molecular flexibility index (Phi) is 4.22. The van der Waals surface area contributed by atoms with E-state index in [2.05, 4.69) is 10.5 Å². The van der Waals surface area contributed by atoms with E-state index in [1.54, 1.807) is 0 Å². The van der Waals surface area contributed by atoms with Crippen LogP contribution in [0.1, 0.15) is 65.9 Å². The van der Waals surface area contributed by atoms with Crippen molar-refractivity contribution in [3.63, 3.8) is 0 Å². The Morgan fingerprint density at radius 1 is 1.14 bits per heavy atom. The first kappa shape index (κ1) is 17.8. The lowest BCUT2D eigenvalue weighted by Crippen LogP contribution is -2.60. The van der Waals surface area contributed by atoms with Crippen molar-refractivity contribution in [2.24, 2.45) is 17.8 Å². The molecule has 0 radical (unpaired) electrons. The van der Waals surface area contributed by atoms with Crippen LogP contribution < -0.4 is 10.1 Å². The maximum absolute atomic E-state index is 13.2. The van der Waals surface area contributed by atoms with Gasteiger partial charge < -0.3 is 14.6 Å². The third-order valence-corrected chi connectivity index (χ3v) is 7.08. The van der Waals surface area contributed by atoms with Crippen LogP contribution in [-0.2, 0) is 6.61 Å². The van der Waals surface area contributed by atoms with Gasteiger partial charge in [0.1, 0.15) is 18.1 Å². The number of para-hydroxylation sites is 1. The van der Waals surface area contributed by atoms with Gasteiger partial charge in [-0.05, 0) is 81.8 Å². The number of hydrogen-bond donors (Lipinski definition) is 1. The molecule has 4 aliphatic carbocycles. The van der Waals surface area contributed by atoms with Gasteiger partial charge in [0.15, 0.2) is 5.69 Å². The van der Waals surface area contributed by atoms with Crippen molar-refractivity contribution in [3.8, 4) is 5.75 Å². The van der Waals surface area contributed by atoms with Crippen molar-refractivity contribution >= 4 is 5.91 Å². The van der Waals surface area contributed by atoms with Crippen LogP contribution in [0.15, 0.2) is 28.8 Å². The summed E-state index contributed by atoms with van der Waals surface area (Å²) in [5, 5.41) is 7.47. The Morgan fingerprint density at radius 3 is 2.43 bits per heavy atom. The van der Waals surface area contributed by atoms with Gasteiger partial charge in [-0.2, -0.15) is 0 Å². The average Bonchev–Trinajstić information content (AvgIpc) is 3.00. The van der Waals surface area contributed by atoms with E-state index in [1.165, 1.54) is 19.3 Å². The highest BCUT2D eigenvalue weighted by molar-refractivity contribution is 5.94. The molecule has 0 atom stereocenters. The maximum atomic E-state index is 13.2. The molecule has 0 unspecified atom stereocenters. The molecule has 4 fully saturated rings. The first-order valence-corrected chi connectivity index (χ1v) is 10.5. The van der Waals surface area contributed by atoms with E-state index in [0.29, 0.717) is 11.5 Å². The predicted molar refractivity (Wildman–Crippen MR) is 105 cm³/mol. The van der Waals surface area contributed by atoms with Crippen molar-refractivity contribution in [2.75, 3.05) is 0 Å². The van der Waals surface area contributed by atoms with Gasteiger partial charge in [0.2, 0.25) is 0 Å². The molecule has 6 rings (SSSR count). The van der Waals surface area contributed by atoms with Crippen LogP contribution >= 0.6 is 0 Å². The SMILES string of the molecule is Cc1ccccc1OCc1c(C(=O)NC23CC4CC(CC(C4)C2)C3)noc1C. The molecule has 1 aromatic heterocycles. The van der Waals surface area contributed by atoms with Crippen LogP contribution in [0.3, 0.4) is 0 Å². The summed E-state index contributed by atoms with van der Waals surface area (Å²) in [6.45, 7) is 4.13. The van der Waals surface area contributed by atoms with Gasteiger partial charge in [-0.1, -0.05) is 23.4 Å². The van der Waals surface area contributed by atoms with Crippen LogP contribution in [0.5, 0.6) is 5.75 Å². The number of benzene rings is 1. The molecule has 1 aromatic carbocycles. The van der Waals surface area contributed by atoms with Crippen molar-refractivity contribution in [1.82, 2.24) is 10.5 Å². The zero-order valence-electron chi connectivity index (χ0n) is 16.7. The third kappa shape index (κ3) is 3.11. The lowest BCUT2D eigenvalue weighted by Gasteiger charge is -2.56. The van der Waals surface area contributed by atoms with Crippen molar-refractivity contribution < 1.29 is 14.1 Å². The second kappa shape index (κ2) is 6.64. The van der Waals surface area contributed by atoms with Gasteiger partial charge >= 0.3 is 0 Å². The van der Waals surface area contributed by atoms with Gasteiger partial charge in [-0.15, -0.1) is 0 Å². The lowest BCUT2D eigenvalue weighted by atomic mass is 9.53. The standard InChI is InChI=1S/C23H28N2O3/c1-14-5-3-4-6-20(14)27-13-19-15(2)28-25-21(19)22(26)24-23-10-16-7-17(11-23)9-18(8-16)12-23/h3-6,16-18H,7-13H2,1-2H3,(H,24,26). The van der Waals surface area contributed by atoms with Crippen LogP contribution in [-0.4, -0.2) is 16.6 Å². The summed E-state index contributed by atoms with van der Waals surface area (Å²) >= 11 is 0. The summed E-state index contributed by atoms with van der Waals surface area (Å²) in [4.78, 5) is 13.2. The molecule has 4 saturated carbocycles. The summed E-state index contributed by atoms with van der Waals surface area (Å²) in [5.41, 5.74) is 2.15. The van der Waals surface area contributed by atoms with E-state index in [-0.39, 0.29) is 18.1 Å². The van der Waals surface area contributed by atoms with Crippen LogP contribution in [0.25, 0.3) is 0 Å². The fraction of sp³-hybridized carbons (Fsp3) is 0.565. The number of nitrogens with one attached hydrogen (secondary N) is 1. The molecule has 5 nitrogen and oxygen atoms in total. The van der Waals surface area contributed by atoms with Crippen molar-refractivity contribution in [2.45, 2.75) is 64.5 Å². The molecular weight excluding hydrogens is 352 g/mol. The Labute approximate surface area is 165 Å². The molecule has 1 amide bonds. The second-order valence-electron chi connectivity index (χ2n) is 9.27. The van der Waals surface area contributed by atoms with E-state index in [4.69, 9.17) is 9.26 Å². The van der Waals surface area contributed by atoms with E-state index in [0.717, 1.165) is 53.9 Å². The van der Waals surface area contributed by atoms with Crippen LogP contribution in [0, 0.1) is 31.6 Å². The number of aryl methyl sites for hydroxylation is 2. The first-order valence-electron chi connectivity index (χ1n) is 10.5. The zero-order chi connectivity index (χ0) is 19.3. The Bertz CT molecular complexity index is 866. The van der Waals surface area contributed by atoms with Crippen LogP contribution in [0.4, 0.5) is 0 Å². The number of hydrogen-bond acceptors (Lipinski definition) is 4. The van der Waals surface area contributed by atoms with E-state index >= 15 is 0 Å². The molecule has 0 aliphatic heterocycles. The number of rotatable bonds is 5. The highest BCUT2D eigenvalue weighted by Gasteiger charge is 2.51. The van der Waals surface area contributed by atoms with Crippen molar-refractivity contribution in [3.05, 3.63) is 46.8 Å². The number of carbonyl (C=O) groups excluding carboxylic acids is 1. The maximum Gasteiger partial charge on any atom is 0.274 e. The molecule has 5 heteroatoms. The predicted octanol–water partition coefficient (Wildman–Crippen LogP) is 4.57. The molecule has 0 saturated heterocycles. The van der Waals surface area contributed by atoms with E-state index in [9.17, 15) is 4.79 Å². The summed E-state index contributed by atoms with van der Waals surface area (Å²) in [7, 11) is 0. The zero-order valence-corrected chi connectivity index (χ0v) is 16.7. The Balaban J connectivity index is 1.33. The smallest absolute Gasteiger partial charge is 0.274 e. The molecular formula is C23H28N2O3. The minimum absolute atomic E-state index is 0.0349. The monoisotopic (exact) mass is 380 g/mol. The fourth-order valence-electron chi connectivity index (χ4n) is 6.17. The largest absolute Gasteiger partial charge is 0.488 e. The number of nitrogens with zero attached hydrogens (tertiary/aromatic N) is 1. The summed E-state index contributed by atoms with van der Waals surface area (Å²) < 4.78 is 11.3. The average molecular weight is 380 g/mol. The minimum atomic E-state index is -0.109. The molecule has 28 heavy (non-hydrogen) atoms. The molecule has 1 N–H and O–H groups in total. The summed E-state index contributed by atoms with van der Waals surface area (Å²) in [6, 6.07) is 7.88. The van der Waals surface area contributed by atoms with Gasteiger partial charge in [0, 0.05) is 5.54 Å². The lowest BCUT2D eigenvalue weighted by molar-refractivity contribution is -0.0168. The Hall–Kier alpha value is -2.30. The van der Waals surface area contributed by atoms with Gasteiger partial charge in [0.05, 0.1) is 5.56 Å². The third-order valence-electron chi connectivity index (χ3n) is 7.08. The topological polar surface area (TPSA) is 64.4 Å². The highest BCUT2D eigenvalue weighted by atomic mass is 16.5. The number of aromatic nitrogens is 1.